The van der Waals surface area contributed by atoms with Crippen LogP contribution in [0.1, 0.15) is 10.4 Å². The summed E-state index contributed by atoms with van der Waals surface area (Å²) in [5.41, 5.74) is 0.578. The van der Waals surface area contributed by atoms with Gasteiger partial charge in [0.05, 0.1) is 11.6 Å². The quantitative estimate of drug-likeness (QED) is 0.773. The van der Waals surface area contributed by atoms with Crippen molar-refractivity contribution in [3.8, 4) is 0 Å². The smallest absolute Gasteiger partial charge is 0.317 e. The van der Waals surface area contributed by atoms with Crippen molar-refractivity contribution in [1.82, 2.24) is 20.1 Å². The highest BCUT2D eigenvalue weighted by molar-refractivity contribution is 9.10. The highest BCUT2D eigenvalue weighted by Crippen LogP contribution is 2.16. The first-order chi connectivity index (χ1) is 9.15. The van der Waals surface area contributed by atoms with Crippen molar-refractivity contribution >= 4 is 27.9 Å². The molecule has 1 atom stereocenters. The van der Waals surface area contributed by atoms with Crippen LogP contribution in [0.2, 0.25) is 0 Å². The van der Waals surface area contributed by atoms with Gasteiger partial charge in [-0.3, -0.25) is 4.79 Å². The van der Waals surface area contributed by atoms with Gasteiger partial charge < -0.3 is 15.1 Å². The Labute approximate surface area is 118 Å². The first-order valence-electron chi connectivity index (χ1n) is 6.10. The molecule has 3 amide bonds. The molecule has 2 aliphatic heterocycles. The van der Waals surface area contributed by atoms with Gasteiger partial charge in [0.2, 0.25) is 0 Å². The van der Waals surface area contributed by atoms with Gasteiger partial charge in [-0.25, -0.2) is 9.78 Å². The summed E-state index contributed by atoms with van der Waals surface area (Å²) in [6.45, 7) is 2.35. The SMILES string of the molecule is O=C(c1ccc(Br)nc1)N1CCN2C(=O)NCC2C1. The lowest BCUT2D eigenvalue weighted by atomic mass is 10.1. The fourth-order valence-electron chi connectivity index (χ4n) is 2.47. The number of hydrogen-bond donors (Lipinski definition) is 1. The molecular formula is C12H13BrN4O2. The van der Waals surface area contributed by atoms with Crippen LogP contribution in [0, 0.1) is 0 Å². The van der Waals surface area contributed by atoms with Gasteiger partial charge in [-0.05, 0) is 28.1 Å². The molecule has 3 rings (SSSR count). The number of nitrogens with one attached hydrogen (secondary N) is 1. The molecule has 0 radical (unpaired) electrons. The number of fused-ring (bicyclic) bond motifs is 1. The number of rotatable bonds is 1. The van der Waals surface area contributed by atoms with Crippen LogP contribution < -0.4 is 5.32 Å². The number of amides is 3. The summed E-state index contributed by atoms with van der Waals surface area (Å²) in [6.07, 6.45) is 1.57. The Morgan fingerprint density at radius 3 is 3.00 bits per heavy atom. The number of urea groups is 1. The summed E-state index contributed by atoms with van der Waals surface area (Å²) in [7, 11) is 0. The topological polar surface area (TPSA) is 65.5 Å². The van der Waals surface area contributed by atoms with E-state index < -0.39 is 0 Å². The number of hydrogen-bond acceptors (Lipinski definition) is 3. The van der Waals surface area contributed by atoms with Crippen molar-refractivity contribution in [1.29, 1.82) is 0 Å². The second-order valence-electron chi connectivity index (χ2n) is 4.65. The Morgan fingerprint density at radius 1 is 1.42 bits per heavy atom. The average Bonchev–Trinajstić information content (AvgIpc) is 2.80. The molecule has 0 bridgehead atoms. The molecular weight excluding hydrogens is 312 g/mol. The number of carbonyl (C=O) groups is 2. The van der Waals surface area contributed by atoms with E-state index in [1.165, 1.54) is 0 Å². The number of piperazine rings is 1. The first-order valence-corrected chi connectivity index (χ1v) is 6.90. The van der Waals surface area contributed by atoms with Gasteiger partial charge in [-0.15, -0.1) is 0 Å². The zero-order chi connectivity index (χ0) is 13.4. The lowest BCUT2D eigenvalue weighted by Gasteiger charge is -2.36. The molecule has 0 aliphatic carbocycles. The van der Waals surface area contributed by atoms with Gasteiger partial charge >= 0.3 is 6.03 Å². The van der Waals surface area contributed by atoms with Crippen LogP contribution >= 0.6 is 15.9 Å². The average molecular weight is 325 g/mol. The van der Waals surface area contributed by atoms with E-state index in [0.29, 0.717) is 36.3 Å². The monoisotopic (exact) mass is 324 g/mol. The predicted octanol–water partition coefficient (Wildman–Crippen LogP) is 0.694. The molecule has 2 fully saturated rings. The number of aromatic nitrogens is 1. The Bertz CT molecular complexity index is 519. The van der Waals surface area contributed by atoms with Gasteiger partial charge in [0.15, 0.2) is 0 Å². The van der Waals surface area contributed by atoms with Crippen LogP contribution in [0.5, 0.6) is 0 Å². The minimum atomic E-state index is -0.0287. The molecule has 3 heterocycles. The number of nitrogens with zero attached hydrogens (tertiary/aromatic N) is 3. The molecule has 0 aromatic carbocycles. The van der Waals surface area contributed by atoms with Crippen LogP contribution in [0.25, 0.3) is 0 Å². The van der Waals surface area contributed by atoms with Crippen molar-refractivity contribution in [3.63, 3.8) is 0 Å². The molecule has 1 N–H and O–H groups in total. The molecule has 2 saturated heterocycles. The second kappa shape index (κ2) is 4.80. The van der Waals surface area contributed by atoms with Gasteiger partial charge in [-0.2, -0.15) is 0 Å². The molecule has 19 heavy (non-hydrogen) atoms. The summed E-state index contributed by atoms with van der Waals surface area (Å²) in [5, 5.41) is 2.80. The summed E-state index contributed by atoms with van der Waals surface area (Å²) in [5.74, 6) is -0.0287. The van der Waals surface area contributed by atoms with E-state index in [9.17, 15) is 9.59 Å². The third-order valence-electron chi connectivity index (χ3n) is 3.49. The van der Waals surface area contributed by atoms with Crippen LogP contribution in [-0.4, -0.2) is 58.9 Å². The second-order valence-corrected chi connectivity index (χ2v) is 5.47. The summed E-state index contributed by atoms with van der Waals surface area (Å²) < 4.78 is 0.708. The van der Waals surface area contributed by atoms with Crippen molar-refractivity contribution in [2.75, 3.05) is 26.2 Å². The van der Waals surface area contributed by atoms with E-state index in [0.717, 1.165) is 0 Å². The third kappa shape index (κ3) is 2.30. The van der Waals surface area contributed by atoms with Crippen molar-refractivity contribution in [3.05, 3.63) is 28.5 Å². The minimum absolute atomic E-state index is 0.0255. The summed E-state index contributed by atoms with van der Waals surface area (Å²) >= 11 is 3.25. The summed E-state index contributed by atoms with van der Waals surface area (Å²) in [6, 6.07) is 3.57. The number of carbonyl (C=O) groups excluding carboxylic acids is 2. The van der Waals surface area contributed by atoms with E-state index in [4.69, 9.17) is 0 Å². The van der Waals surface area contributed by atoms with E-state index >= 15 is 0 Å². The lowest BCUT2D eigenvalue weighted by Crippen LogP contribution is -2.53. The van der Waals surface area contributed by atoms with Gasteiger partial charge in [-0.1, -0.05) is 0 Å². The summed E-state index contributed by atoms with van der Waals surface area (Å²) in [4.78, 5) is 31.5. The number of halogens is 1. The lowest BCUT2D eigenvalue weighted by molar-refractivity contribution is 0.0616. The van der Waals surface area contributed by atoms with Crippen LogP contribution in [0.3, 0.4) is 0 Å². The molecule has 1 aromatic heterocycles. The molecule has 100 valence electrons. The fraction of sp³-hybridized carbons (Fsp3) is 0.417. The van der Waals surface area contributed by atoms with Crippen molar-refractivity contribution in [2.24, 2.45) is 0 Å². The van der Waals surface area contributed by atoms with Crippen molar-refractivity contribution < 1.29 is 9.59 Å². The zero-order valence-electron chi connectivity index (χ0n) is 10.2. The Balaban J connectivity index is 1.72. The van der Waals surface area contributed by atoms with Gasteiger partial charge in [0.1, 0.15) is 4.60 Å². The maximum Gasteiger partial charge on any atom is 0.317 e. The highest BCUT2D eigenvalue weighted by atomic mass is 79.9. The maximum absolute atomic E-state index is 12.3. The molecule has 0 spiro atoms. The molecule has 6 nitrogen and oxygen atoms in total. The normalized spacial score (nSPS) is 22.2. The maximum atomic E-state index is 12.3. The van der Waals surface area contributed by atoms with Gasteiger partial charge in [0.25, 0.3) is 5.91 Å². The zero-order valence-corrected chi connectivity index (χ0v) is 11.8. The standard InChI is InChI=1S/C12H13BrN4O2/c13-10-2-1-8(5-14-10)11(18)16-3-4-17-9(7-16)6-15-12(17)19/h1-2,5,9H,3-4,6-7H2,(H,15,19). The van der Waals surface area contributed by atoms with E-state index in [1.54, 1.807) is 28.1 Å². The Morgan fingerprint density at radius 2 is 2.26 bits per heavy atom. The molecule has 7 heteroatoms. The Hall–Kier alpha value is -1.63. The highest BCUT2D eigenvalue weighted by Gasteiger charge is 2.37. The van der Waals surface area contributed by atoms with Crippen LogP contribution in [0.15, 0.2) is 22.9 Å². The Kier molecular flexibility index (Phi) is 3.14. The largest absolute Gasteiger partial charge is 0.336 e. The molecule has 2 aliphatic rings. The molecule has 0 saturated carbocycles. The van der Waals surface area contributed by atoms with Crippen LogP contribution in [-0.2, 0) is 0 Å². The predicted molar refractivity (Wildman–Crippen MR) is 71.7 cm³/mol. The molecule has 1 aromatic rings. The van der Waals surface area contributed by atoms with E-state index in [2.05, 4.69) is 26.2 Å². The molecule has 1 unspecified atom stereocenters. The van der Waals surface area contributed by atoms with Crippen molar-refractivity contribution in [2.45, 2.75) is 6.04 Å². The first kappa shape index (κ1) is 12.4. The number of pyridine rings is 1. The van der Waals surface area contributed by atoms with Gasteiger partial charge in [0, 0.05) is 32.4 Å². The fourth-order valence-corrected chi connectivity index (χ4v) is 2.71. The van der Waals surface area contributed by atoms with Crippen LogP contribution in [0.4, 0.5) is 4.79 Å². The van der Waals surface area contributed by atoms with E-state index in [-0.39, 0.29) is 18.0 Å². The minimum Gasteiger partial charge on any atom is -0.336 e. The third-order valence-corrected chi connectivity index (χ3v) is 3.96. The van der Waals surface area contributed by atoms with E-state index in [1.807, 2.05) is 0 Å².